The van der Waals surface area contributed by atoms with E-state index in [9.17, 15) is 10.1 Å². The van der Waals surface area contributed by atoms with Gasteiger partial charge in [-0.15, -0.1) is 11.8 Å². The van der Waals surface area contributed by atoms with Gasteiger partial charge in [0.15, 0.2) is 0 Å². The first-order valence-electron chi connectivity index (χ1n) is 9.36. The monoisotopic (exact) mass is 403 g/mol. The summed E-state index contributed by atoms with van der Waals surface area (Å²) in [7, 11) is 0. The summed E-state index contributed by atoms with van der Waals surface area (Å²) in [4.78, 5) is 10.9. The number of carboxylic acids is 1. The number of nitrogens with zero attached hydrogens (tertiary/aromatic N) is 1. The van der Waals surface area contributed by atoms with Crippen LogP contribution in [0.15, 0.2) is 0 Å². The fourth-order valence-corrected chi connectivity index (χ4v) is 4.29. The summed E-state index contributed by atoms with van der Waals surface area (Å²) in [6.45, 7) is 3.96. The number of thiocarbonyl (C=S) groups is 1. The standard InChI is InChI=1S/C19H33NO2S3/c1-3-4-5-6-7-8-9-10-11-12-13-25-18(24)19(2,15-20)14-16(23)17(21)22/h16,23H,3-14H2,1-2H3,(H,21,22). The summed E-state index contributed by atoms with van der Waals surface area (Å²) in [5.74, 6) is -0.107. The number of nitriles is 1. The van der Waals surface area contributed by atoms with Gasteiger partial charge in [0.25, 0.3) is 0 Å². The molecule has 0 saturated heterocycles. The molecule has 1 N–H and O–H groups in total. The van der Waals surface area contributed by atoms with Crippen molar-refractivity contribution in [1.82, 2.24) is 0 Å². The number of unbranched alkanes of at least 4 members (excludes halogenated alkanes) is 9. The van der Waals surface area contributed by atoms with E-state index in [1.165, 1.54) is 69.5 Å². The Morgan fingerprint density at radius 1 is 1.16 bits per heavy atom. The minimum atomic E-state index is -1.01. The van der Waals surface area contributed by atoms with Gasteiger partial charge in [-0.2, -0.15) is 17.9 Å². The second kappa shape index (κ2) is 14.9. The Balaban J connectivity index is 3.81. The summed E-state index contributed by atoms with van der Waals surface area (Å²) in [5, 5.41) is 17.5. The lowest BCUT2D eigenvalue weighted by atomic mass is 9.89. The Bertz CT molecular complexity index is 437. The molecule has 0 amide bonds. The molecule has 0 aliphatic rings. The molecule has 0 saturated carbocycles. The molecule has 0 bridgehead atoms. The quantitative estimate of drug-likeness (QED) is 0.192. The van der Waals surface area contributed by atoms with Crippen molar-refractivity contribution in [3.63, 3.8) is 0 Å². The summed E-state index contributed by atoms with van der Waals surface area (Å²) in [6.07, 6.45) is 13.1. The Hall–Kier alpha value is -0.250. The van der Waals surface area contributed by atoms with Gasteiger partial charge in [0.1, 0.15) is 5.25 Å². The number of aliphatic carboxylic acids is 1. The summed E-state index contributed by atoms with van der Waals surface area (Å²) >= 11 is 10.9. The molecular formula is C19H33NO2S3. The highest BCUT2D eigenvalue weighted by Crippen LogP contribution is 2.32. The van der Waals surface area contributed by atoms with Crippen molar-refractivity contribution < 1.29 is 9.90 Å². The summed E-state index contributed by atoms with van der Waals surface area (Å²) in [5.41, 5.74) is -0.913. The maximum absolute atomic E-state index is 10.9. The zero-order chi connectivity index (χ0) is 19.1. The van der Waals surface area contributed by atoms with Crippen molar-refractivity contribution in [3.8, 4) is 6.07 Å². The van der Waals surface area contributed by atoms with Gasteiger partial charge in [0, 0.05) is 0 Å². The number of thioether (sulfide) groups is 1. The first-order chi connectivity index (χ1) is 11.9. The lowest BCUT2D eigenvalue weighted by Gasteiger charge is -2.23. The smallest absolute Gasteiger partial charge is 0.316 e. The van der Waals surface area contributed by atoms with E-state index in [4.69, 9.17) is 17.3 Å². The van der Waals surface area contributed by atoms with Gasteiger partial charge in [-0.25, -0.2) is 0 Å². The SMILES string of the molecule is CCCCCCCCCCCCSC(=S)C(C)(C#N)CC(S)C(=O)O. The third kappa shape index (κ3) is 11.9. The van der Waals surface area contributed by atoms with Crippen LogP contribution in [0.2, 0.25) is 0 Å². The molecule has 0 aromatic carbocycles. The second-order valence-electron chi connectivity index (χ2n) is 6.82. The van der Waals surface area contributed by atoms with Crippen LogP contribution in [0.1, 0.15) is 84.5 Å². The van der Waals surface area contributed by atoms with E-state index in [2.05, 4.69) is 25.6 Å². The lowest BCUT2D eigenvalue weighted by molar-refractivity contribution is -0.136. The van der Waals surface area contributed by atoms with E-state index >= 15 is 0 Å². The molecular weight excluding hydrogens is 370 g/mol. The van der Waals surface area contributed by atoms with E-state index in [-0.39, 0.29) is 6.42 Å². The third-order valence-corrected chi connectivity index (χ3v) is 6.73. The predicted molar refractivity (Wildman–Crippen MR) is 116 cm³/mol. The van der Waals surface area contributed by atoms with Crippen molar-refractivity contribution in [1.29, 1.82) is 5.26 Å². The van der Waals surface area contributed by atoms with Crippen LogP contribution < -0.4 is 0 Å². The van der Waals surface area contributed by atoms with Crippen LogP contribution in [0.5, 0.6) is 0 Å². The van der Waals surface area contributed by atoms with E-state index in [0.717, 1.165) is 12.2 Å². The zero-order valence-corrected chi connectivity index (χ0v) is 18.2. The highest BCUT2D eigenvalue weighted by atomic mass is 32.2. The minimum Gasteiger partial charge on any atom is -0.480 e. The Morgan fingerprint density at radius 2 is 1.64 bits per heavy atom. The third-order valence-electron chi connectivity index (χ3n) is 4.31. The predicted octanol–water partition coefficient (Wildman–Crippen LogP) is 6.27. The molecule has 0 spiro atoms. The van der Waals surface area contributed by atoms with Gasteiger partial charge in [0.2, 0.25) is 0 Å². The van der Waals surface area contributed by atoms with Gasteiger partial charge in [-0.3, -0.25) is 4.79 Å². The van der Waals surface area contributed by atoms with Crippen LogP contribution in [-0.2, 0) is 4.79 Å². The summed E-state index contributed by atoms with van der Waals surface area (Å²) in [6, 6.07) is 2.18. The van der Waals surface area contributed by atoms with E-state index in [1.807, 2.05) is 0 Å². The Labute approximate surface area is 168 Å². The molecule has 0 aromatic heterocycles. The molecule has 0 aromatic rings. The maximum atomic E-state index is 10.9. The van der Waals surface area contributed by atoms with Crippen LogP contribution in [0, 0.1) is 16.7 Å². The number of hydrogen-bond acceptors (Lipinski definition) is 5. The van der Waals surface area contributed by atoms with Crippen LogP contribution in [-0.4, -0.2) is 26.3 Å². The van der Waals surface area contributed by atoms with E-state index in [1.54, 1.807) is 6.92 Å². The molecule has 0 radical (unpaired) electrons. The maximum Gasteiger partial charge on any atom is 0.316 e. The second-order valence-corrected chi connectivity index (χ2v) is 9.22. The molecule has 2 atom stereocenters. The zero-order valence-electron chi connectivity index (χ0n) is 15.6. The fourth-order valence-electron chi connectivity index (χ4n) is 2.56. The molecule has 0 fully saturated rings. The van der Waals surface area contributed by atoms with Crippen molar-refractivity contribution in [2.75, 3.05) is 5.75 Å². The average Bonchev–Trinajstić information content (AvgIpc) is 2.59. The van der Waals surface area contributed by atoms with Crippen molar-refractivity contribution >= 4 is 46.8 Å². The largest absolute Gasteiger partial charge is 0.480 e. The van der Waals surface area contributed by atoms with Crippen LogP contribution >= 0.6 is 36.6 Å². The fraction of sp³-hybridized carbons (Fsp3) is 0.842. The number of hydrogen-bond donors (Lipinski definition) is 2. The van der Waals surface area contributed by atoms with Crippen LogP contribution in [0.4, 0.5) is 0 Å². The highest BCUT2D eigenvalue weighted by Gasteiger charge is 2.34. The van der Waals surface area contributed by atoms with Crippen LogP contribution in [0.3, 0.4) is 0 Å². The normalized spacial score (nSPS) is 14.5. The molecule has 0 rings (SSSR count). The molecule has 3 nitrogen and oxygen atoms in total. The average molecular weight is 404 g/mol. The molecule has 0 heterocycles. The highest BCUT2D eigenvalue weighted by molar-refractivity contribution is 8.23. The van der Waals surface area contributed by atoms with Gasteiger partial charge >= 0.3 is 5.97 Å². The van der Waals surface area contributed by atoms with Crippen molar-refractivity contribution in [2.45, 2.75) is 89.7 Å². The van der Waals surface area contributed by atoms with Gasteiger partial charge < -0.3 is 5.11 Å². The molecule has 0 aliphatic carbocycles. The van der Waals surface area contributed by atoms with E-state index in [0.29, 0.717) is 4.20 Å². The Kier molecular flexibility index (Phi) is 14.7. The Morgan fingerprint density at radius 3 is 2.08 bits per heavy atom. The van der Waals surface area contributed by atoms with Gasteiger partial charge in [0.05, 0.1) is 15.7 Å². The van der Waals surface area contributed by atoms with E-state index < -0.39 is 16.6 Å². The van der Waals surface area contributed by atoms with Gasteiger partial charge in [-0.05, 0) is 25.5 Å². The topological polar surface area (TPSA) is 61.1 Å². The number of rotatable bonds is 15. The molecule has 144 valence electrons. The van der Waals surface area contributed by atoms with Gasteiger partial charge in [-0.1, -0.05) is 76.9 Å². The lowest BCUT2D eigenvalue weighted by Crippen LogP contribution is -2.29. The summed E-state index contributed by atoms with van der Waals surface area (Å²) < 4.78 is 0.589. The number of carboxylic acid groups (broad SMARTS) is 1. The minimum absolute atomic E-state index is 0.145. The first-order valence-corrected chi connectivity index (χ1v) is 11.3. The first kappa shape index (κ1) is 24.8. The molecule has 2 unspecified atom stereocenters. The van der Waals surface area contributed by atoms with Crippen molar-refractivity contribution in [3.05, 3.63) is 0 Å². The van der Waals surface area contributed by atoms with Crippen molar-refractivity contribution in [2.24, 2.45) is 5.41 Å². The van der Waals surface area contributed by atoms with Crippen LogP contribution in [0.25, 0.3) is 0 Å². The number of carbonyl (C=O) groups is 1. The molecule has 6 heteroatoms. The molecule has 25 heavy (non-hydrogen) atoms. The number of thiol groups is 1. The molecule has 0 aliphatic heterocycles.